The van der Waals surface area contributed by atoms with Gasteiger partial charge in [0, 0.05) is 6.54 Å². The Kier molecular flexibility index (Phi) is 4.39. The van der Waals surface area contributed by atoms with Crippen LogP contribution in [-0.4, -0.2) is 35.0 Å². The topological polar surface area (TPSA) is 46.6 Å². The van der Waals surface area contributed by atoms with E-state index in [1.165, 1.54) is 11.3 Å². The highest BCUT2D eigenvalue weighted by Gasteiger charge is 2.38. The smallest absolute Gasteiger partial charge is 0.329 e. The molecule has 1 fully saturated rings. The summed E-state index contributed by atoms with van der Waals surface area (Å²) in [5, 5.41) is 2.21. The van der Waals surface area contributed by atoms with Crippen LogP contribution in [0.3, 0.4) is 0 Å². The minimum absolute atomic E-state index is 0.182. The van der Waals surface area contributed by atoms with Crippen molar-refractivity contribution < 1.29 is 14.3 Å². The van der Waals surface area contributed by atoms with E-state index < -0.39 is 11.6 Å². The van der Waals surface area contributed by atoms with Gasteiger partial charge in [-0.05, 0) is 45.1 Å². The van der Waals surface area contributed by atoms with Crippen molar-refractivity contribution in [3.8, 4) is 0 Å². The van der Waals surface area contributed by atoms with Gasteiger partial charge in [0.05, 0.1) is 5.02 Å². The maximum atomic E-state index is 12.5. The number of halogens is 1. The molecule has 0 radical (unpaired) electrons. The third-order valence-corrected chi connectivity index (χ3v) is 4.33. The van der Waals surface area contributed by atoms with Gasteiger partial charge in [-0.3, -0.25) is 4.79 Å². The van der Waals surface area contributed by atoms with Crippen molar-refractivity contribution in [2.24, 2.45) is 0 Å². The number of amides is 1. The van der Waals surface area contributed by atoms with Crippen LogP contribution >= 0.6 is 22.9 Å². The van der Waals surface area contributed by atoms with E-state index in [4.69, 9.17) is 16.3 Å². The van der Waals surface area contributed by atoms with Crippen LogP contribution in [0.15, 0.2) is 11.4 Å². The zero-order valence-electron chi connectivity index (χ0n) is 11.8. The van der Waals surface area contributed by atoms with Crippen LogP contribution in [0.2, 0.25) is 5.02 Å². The van der Waals surface area contributed by atoms with E-state index in [1.54, 1.807) is 16.3 Å². The van der Waals surface area contributed by atoms with Gasteiger partial charge in [0.15, 0.2) is 0 Å². The molecule has 2 heterocycles. The Balaban J connectivity index is 2.13. The predicted octanol–water partition coefficient (Wildman–Crippen LogP) is 3.35. The second-order valence-corrected chi connectivity index (χ2v) is 7.11. The molecule has 20 heavy (non-hydrogen) atoms. The zero-order chi connectivity index (χ0) is 14.9. The van der Waals surface area contributed by atoms with Crippen LogP contribution in [0.1, 0.15) is 43.3 Å². The minimum Gasteiger partial charge on any atom is -0.458 e. The van der Waals surface area contributed by atoms with Gasteiger partial charge in [0.2, 0.25) is 0 Å². The molecule has 0 N–H and O–H groups in total. The molecule has 1 aromatic rings. The fourth-order valence-electron chi connectivity index (χ4n) is 2.20. The van der Waals surface area contributed by atoms with E-state index >= 15 is 0 Å². The standard InChI is InChI=1S/C14H18ClNO3S/c1-14(2,3)19-13(18)10-5-4-7-16(10)12(17)11-9(15)6-8-20-11/h6,8,10H,4-5,7H2,1-3H3/t10-/m0/s1. The number of rotatable bonds is 2. The summed E-state index contributed by atoms with van der Waals surface area (Å²) in [6.45, 7) is 6.03. The molecule has 1 saturated heterocycles. The molecular weight excluding hydrogens is 298 g/mol. The molecule has 2 rings (SSSR count). The molecule has 0 aromatic carbocycles. The lowest BCUT2D eigenvalue weighted by Gasteiger charge is -2.27. The Hall–Kier alpha value is -1.07. The van der Waals surface area contributed by atoms with Crippen molar-refractivity contribution in [1.82, 2.24) is 4.90 Å². The van der Waals surface area contributed by atoms with Gasteiger partial charge in [-0.15, -0.1) is 11.3 Å². The summed E-state index contributed by atoms with van der Waals surface area (Å²) in [6.07, 6.45) is 1.45. The normalized spacial score (nSPS) is 19.2. The molecule has 1 atom stereocenters. The summed E-state index contributed by atoms with van der Waals surface area (Å²) in [6, 6.07) is 1.19. The molecule has 0 unspecified atom stereocenters. The van der Waals surface area contributed by atoms with Crippen LogP contribution in [0.25, 0.3) is 0 Å². The molecule has 0 saturated carbocycles. The van der Waals surface area contributed by atoms with Crippen molar-refractivity contribution in [2.45, 2.75) is 45.3 Å². The lowest BCUT2D eigenvalue weighted by Crippen LogP contribution is -2.43. The number of carbonyl (C=O) groups is 2. The van der Waals surface area contributed by atoms with E-state index in [-0.39, 0.29) is 11.9 Å². The predicted molar refractivity (Wildman–Crippen MR) is 79.2 cm³/mol. The Morgan fingerprint density at radius 2 is 2.15 bits per heavy atom. The Morgan fingerprint density at radius 3 is 2.70 bits per heavy atom. The summed E-state index contributed by atoms with van der Waals surface area (Å²) in [5.41, 5.74) is -0.547. The lowest BCUT2D eigenvalue weighted by atomic mass is 10.1. The number of hydrogen-bond acceptors (Lipinski definition) is 4. The summed E-state index contributed by atoms with van der Waals surface area (Å²) in [4.78, 5) is 26.7. The van der Waals surface area contributed by atoms with Crippen LogP contribution in [-0.2, 0) is 9.53 Å². The van der Waals surface area contributed by atoms with E-state index in [0.29, 0.717) is 22.9 Å². The van der Waals surface area contributed by atoms with Crippen LogP contribution < -0.4 is 0 Å². The van der Waals surface area contributed by atoms with Gasteiger partial charge >= 0.3 is 5.97 Å². The average molecular weight is 316 g/mol. The lowest BCUT2D eigenvalue weighted by molar-refractivity contribution is -0.159. The van der Waals surface area contributed by atoms with Crippen molar-refractivity contribution in [1.29, 1.82) is 0 Å². The van der Waals surface area contributed by atoms with Crippen molar-refractivity contribution in [2.75, 3.05) is 6.54 Å². The highest BCUT2D eigenvalue weighted by molar-refractivity contribution is 7.12. The highest BCUT2D eigenvalue weighted by Crippen LogP contribution is 2.28. The third kappa shape index (κ3) is 3.33. The SMILES string of the molecule is CC(C)(C)OC(=O)[C@@H]1CCCN1C(=O)c1sccc1Cl. The van der Waals surface area contributed by atoms with Gasteiger partial charge in [-0.25, -0.2) is 4.79 Å². The van der Waals surface area contributed by atoms with Crippen LogP contribution in [0.5, 0.6) is 0 Å². The average Bonchev–Trinajstić information content (AvgIpc) is 2.93. The van der Waals surface area contributed by atoms with Gasteiger partial charge in [-0.2, -0.15) is 0 Å². The van der Waals surface area contributed by atoms with Gasteiger partial charge in [0.25, 0.3) is 5.91 Å². The second kappa shape index (κ2) is 5.74. The summed E-state index contributed by atoms with van der Waals surface area (Å²) >= 11 is 7.29. The van der Waals surface area contributed by atoms with E-state index in [1.807, 2.05) is 20.8 Å². The summed E-state index contributed by atoms with van der Waals surface area (Å²) in [5.74, 6) is -0.519. The maximum Gasteiger partial charge on any atom is 0.329 e. The molecule has 6 heteroatoms. The van der Waals surface area contributed by atoms with Crippen molar-refractivity contribution in [3.63, 3.8) is 0 Å². The quantitative estimate of drug-likeness (QED) is 0.786. The van der Waals surface area contributed by atoms with E-state index in [0.717, 1.165) is 6.42 Å². The van der Waals surface area contributed by atoms with E-state index in [9.17, 15) is 9.59 Å². The minimum atomic E-state index is -0.547. The maximum absolute atomic E-state index is 12.5. The molecule has 1 aromatic heterocycles. The fraction of sp³-hybridized carbons (Fsp3) is 0.571. The van der Waals surface area contributed by atoms with E-state index in [2.05, 4.69) is 0 Å². The number of nitrogens with zero attached hydrogens (tertiary/aromatic N) is 1. The fourth-order valence-corrected chi connectivity index (χ4v) is 3.29. The van der Waals surface area contributed by atoms with Crippen molar-refractivity contribution >= 4 is 34.8 Å². The number of hydrogen-bond donors (Lipinski definition) is 0. The number of ether oxygens (including phenoxy) is 1. The third-order valence-electron chi connectivity index (χ3n) is 3.00. The molecule has 0 bridgehead atoms. The molecule has 1 aliphatic heterocycles. The van der Waals surface area contributed by atoms with Crippen molar-refractivity contribution in [3.05, 3.63) is 21.3 Å². The Bertz CT molecular complexity index is 521. The van der Waals surface area contributed by atoms with Gasteiger partial charge in [0.1, 0.15) is 16.5 Å². The number of carbonyl (C=O) groups excluding carboxylic acids is 2. The van der Waals surface area contributed by atoms with Crippen LogP contribution in [0, 0.1) is 0 Å². The monoisotopic (exact) mass is 315 g/mol. The number of likely N-dealkylation sites (tertiary alicyclic amines) is 1. The first-order valence-corrected chi connectivity index (χ1v) is 7.82. The number of esters is 1. The van der Waals surface area contributed by atoms with Crippen LogP contribution in [0.4, 0.5) is 0 Å². The molecule has 1 amide bonds. The first kappa shape index (κ1) is 15.3. The molecule has 110 valence electrons. The summed E-state index contributed by atoms with van der Waals surface area (Å²) < 4.78 is 5.39. The first-order valence-electron chi connectivity index (χ1n) is 6.56. The number of thiophene rings is 1. The zero-order valence-corrected chi connectivity index (χ0v) is 13.4. The molecule has 1 aliphatic rings. The Morgan fingerprint density at radius 1 is 1.45 bits per heavy atom. The summed E-state index contributed by atoms with van der Waals surface area (Å²) in [7, 11) is 0. The Labute approximate surface area is 127 Å². The molecule has 4 nitrogen and oxygen atoms in total. The molecule has 0 spiro atoms. The molecular formula is C14H18ClNO3S. The largest absolute Gasteiger partial charge is 0.458 e. The van der Waals surface area contributed by atoms with Gasteiger partial charge in [-0.1, -0.05) is 11.6 Å². The highest BCUT2D eigenvalue weighted by atomic mass is 35.5. The molecule has 0 aliphatic carbocycles. The second-order valence-electron chi connectivity index (χ2n) is 5.79. The first-order chi connectivity index (χ1) is 9.29. The van der Waals surface area contributed by atoms with Gasteiger partial charge < -0.3 is 9.64 Å².